The molecule has 1 amide bonds. The molecular weight excluding hydrogens is 473 g/mol. The van der Waals surface area contributed by atoms with Crippen molar-refractivity contribution in [3.8, 4) is 22.8 Å². The van der Waals surface area contributed by atoms with Gasteiger partial charge >= 0.3 is 0 Å². The number of carbonyl (C=O) groups excluding carboxylic acids is 1. The number of amides is 1. The predicted octanol–water partition coefficient (Wildman–Crippen LogP) is 4.36. The van der Waals surface area contributed by atoms with Crippen LogP contribution in [0.15, 0.2) is 76.2 Å². The second-order valence-electron chi connectivity index (χ2n) is 9.11. The highest BCUT2D eigenvalue weighted by Crippen LogP contribution is 2.30. The van der Waals surface area contributed by atoms with E-state index in [4.69, 9.17) is 4.52 Å². The quantitative estimate of drug-likeness (QED) is 0.389. The highest BCUT2D eigenvalue weighted by atomic mass is 19.1. The van der Waals surface area contributed by atoms with Crippen molar-refractivity contribution in [1.29, 1.82) is 0 Å². The monoisotopic (exact) mass is 495 g/mol. The van der Waals surface area contributed by atoms with E-state index in [0.29, 0.717) is 22.3 Å². The van der Waals surface area contributed by atoms with Gasteiger partial charge < -0.3 is 14.4 Å². The first-order valence-electron chi connectivity index (χ1n) is 11.9. The summed E-state index contributed by atoms with van der Waals surface area (Å²) < 4.78 is 20.7. The standard InChI is InChI=1S/C28H22FN5O3/c1-16-9-11-21-25(36)22(28-32-26(33-37-28)18-6-4-7-19(29)13-18)14-34(27(21)30-16)15-24(35)31-23-12-10-17-5-2-3-8-20(17)23/h2-9,11,13-14,23H,10,12,15H2,1H3,(H,31,35)/t23-/m0/s1. The van der Waals surface area contributed by atoms with Crippen molar-refractivity contribution in [1.82, 2.24) is 25.0 Å². The van der Waals surface area contributed by atoms with Gasteiger partial charge in [0.2, 0.25) is 17.2 Å². The molecule has 6 rings (SSSR count). The second-order valence-corrected chi connectivity index (χ2v) is 9.11. The predicted molar refractivity (Wildman–Crippen MR) is 135 cm³/mol. The summed E-state index contributed by atoms with van der Waals surface area (Å²) in [4.78, 5) is 35.3. The Labute approximate surface area is 210 Å². The van der Waals surface area contributed by atoms with Crippen LogP contribution < -0.4 is 10.7 Å². The molecule has 9 heteroatoms. The first-order valence-corrected chi connectivity index (χ1v) is 11.9. The number of nitrogens with zero attached hydrogens (tertiary/aromatic N) is 4. The first kappa shape index (κ1) is 22.8. The van der Waals surface area contributed by atoms with Crippen LogP contribution in [0.4, 0.5) is 4.39 Å². The van der Waals surface area contributed by atoms with Crippen molar-refractivity contribution >= 4 is 16.9 Å². The van der Waals surface area contributed by atoms with Gasteiger partial charge in [0.05, 0.1) is 11.4 Å². The molecule has 1 aliphatic carbocycles. The second kappa shape index (κ2) is 9.09. The fourth-order valence-electron chi connectivity index (χ4n) is 4.81. The molecule has 0 fully saturated rings. The van der Waals surface area contributed by atoms with Gasteiger partial charge in [0.1, 0.15) is 23.6 Å². The molecule has 0 saturated heterocycles. The van der Waals surface area contributed by atoms with Crippen LogP contribution in [0.1, 0.15) is 29.3 Å². The zero-order valence-corrected chi connectivity index (χ0v) is 19.9. The van der Waals surface area contributed by atoms with Crippen molar-refractivity contribution in [2.24, 2.45) is 0 Å². The number of carbonyl (C=O) groups is 1. The number of aryl methyl sites for hydroxylation is 2. The third-order valence-electron chi connectivity index (χ3n) is 6.58. The zero-order chi connectivity index (χ0) is 25.5. The van der Waals surface area contributed by atoms with Crippen molar-refractivity contribution in [3.63, 3.8) is 0 Å². The smallest absolute Gasteiger partial charge is 0.263 e. The third-order valence-corrected chi connectivity index (χ3v) is 6.58. The molecule has 0 saturated carbocycles. The van der Waals surface area contributed by atoms with Crippen LogP contribution in [0.5, 0.6) is 0 Å². The van der Waals surface area contributed by atoms with Gasteiger partial charge in [0.25, 0.3) is 5.89 Å². The van der Waals surface area contributed by atoms with Crippen LogP contribution >= 0.6 is 0 Å². The average molecular weight is 496 g/mol. The Bertz CT molecular complexity index is 1730. The van der Waals surface area contributed by atoms with Crippen LogP contribution in [0.3, 0.4) is 0 Å². The first-order chi connectivity index (χ1) is 18.0. The summed E-state index contributed by atoms with van der Waals surface area (Å²) >= 11 is 0. The molecule has 0 unspecified atom stereocenters. The molecule has 1 N–H and O–H groups in total. The minimum Gasteiger partial charge on any atom is -0.348 e. The summed E-state index contributed by atoms with van der Waals surface area (Å²) in [5, 5.41) is 7.37. The average Bonchev–Trinajstić information content (AvgIpc) is 3.54. The normalized spacial score (nSPS) is 14.6. The molecule has 0 radical (unpaired) electrons. The van der Waals surface area contributed by atoms with Gasteiger partial charge in [-0.3, -0.25) is 9.59 Å². The summed E-state index contributed by atoms with van der Waals surface area (Å²) in [6, 6.07) is 17.2. The zero-order valence-electron chi connectivity index (χ0n) is 19.9. The van der Waals surface area contributed by atoms with Crippen LogP contribution in [0, 0.1) is 12.7 Å². The van der Waals surface area contributed by atoms with Crippen molar-refractivity contribution in [3.05, 3.63) is 99.7 Å². The van der Waals surface area contributed by atoms with Crippen molar-refractivity contribution < 1.29 is 13.7 Å². The third kappa shape index (κ3) is 4.29. The van der Waals surface area contributed by atoms with Gasteiger partial charge in [-0.15, -0.1) is 0 Å². The van der Waals surface area contributed by atoms with E-state index in [1.165, 1.54) is 23.9 Å². The number of aromatic nitrogens is 4. The summed E-state index contributed by atoms with van der Waals surface area (Å²) in [6.45, 7) is 1.77. The largest absolute Gasteiger partial charge is 0.348 e. The van der Waals surface area contributed by atoms with Gasteiger partial charge in [-0.1, -0.05) is 41.6 Å². The molecule has 3 aromatic heterocycles. The maximum atomic E-state index is 13.7. The van der Waals surface area contributed by atoms with E-state index >= 15 is 0 Å². The SMILES string of the molecule is Cc1ccc2c(=O)c(-c3nc(-c4cccc(F)c4)no3)cn(CC(=O)N[C@H]3CCc4ccccc43)c2n1. The van der Waals surface area contributed by atoms with Crippen LogP contribution in [-0.2, 0) is 17.8 Å². The topological polar surface area (TPSA) is 103 Å². The number of hydrogen-bond acceptors (Lipinski definition) is 6. The van der Waals surface area contributed by atoms with Gasteiger partial charge in [-0.05, 0) is 55.2 Å². The van der Waals surface area contributed by atoms with Crippen LogP contribution in [0.25, 0.3) is 33.9 Å². The molecule has 3 heterocycles. The fraction of sp³-hybridized carbons (Fsp3) is 0.179. The molecule has 5 aromatic rings. The van der Waals surface area contributed by atoms with E-state index < -0.39 is 5.82 Å². The minimum atomic E-state index is -0.436. The molecule has 0 aliphatic heterocycles. The van der Waals surface area contributed by atoms with Crippen molar-refractivity contribution in [2.75, 3.05) is 0 Å². The summed E-state index contributed by atoms with van der Waals surface area (Å²) in [5.41, 5.74) is 3.68. The molecule has 1 atom stereocenters. The molecule has 1 aliphatic rings. The number of rotatable bonds is 5. The number of fused-ring (bicyclic) bond motifs is 2. The number of benzene rings is 2. The van der Waals surface area contributed by atoms with E-state index in [1.807, 2.05) is 25.1 Å². The Morgan fingerprint density at radius 1 is 1.14 bits per heavy atom. The molecular formula is C28H22FN5O3. The Hall–Kier alpha value is -4.66. The Morgan fingerprint density at radius 2 is 2.00 bits per heavy atom. The van der Waals surface area contributed by atoms with Gasteiger partial charge in [-0.25, -0.2) is 9.37 Å². The number of nitrogens with one attached hydrogen (secondary N) is 1. The van der Waals surface area contributed by atoms with E-state index in [-0.39, 0.29) is 41.2 Å². The van der Waals surface area contributed by atoms with Gasteiger partial charge in [-0.2, -0.15) is 4.98 Å². The number of pyridine rings is 2. The van der Waals surface area contributed by atoms with E-state index in [9.17, 15) is 14.0 Å². The molecule has 0 spiro atoms. The number of hydrogen-bond donors (Lipinski definition) is 1. The lowest BCUT2D eigenvalue weighted by molar-refractivity contribution is -0.122. The lowest BCUT2D eigenvalue weighted by Crippen LogP contribution is -2.31. The summed E-state index contributed by atoms with van der Waals surface area (Å²) in [7, 11) is 0. The lowest BCUT2D eigenvalue weighted by Gasteiger charge is -2.16. The Morgan fingerprint density at radius 3 is 2.86 bits per heavy atom. The number of halogens is 1. The molecule has 184 valence electrons. The van der Waals surface area contributed by atoms with E-state index in [2.05, 4.69) is 26.5 Å². The minimum absolute atomic E-state index is 0.0226. The van der Waals surface area contributed by atoms with Crippen molar-refractivity contribution in [2.45, 2.75) is 32.4 Å². The van der Waals surface area contributed by atoms with Crippen LogP contribution in [-0.4, -0.2) is 25.6 Å². The summed E-state index contributed by atoms with van der Waals surface area (Å²) in [6.07, 6.45) is 3.27. The van der Waals surface area contributed by atoms with E-state index in [1.54, 1.807) is 28.8 Å². The maximum absolute atomic E-state index is 13.7. The Kier molecular flexibility index (Phi) is 5.60. The molecule has 8 nitrogen and oxygen atoms in total. The van der Waals surface area contributed by atoms with Gasteiger partial charge in [0, 0.05) is 17.5 Å². The molecule has 37 heavy (non-hydrogen) atoms. The highest BCUT2D eigenvalue weighted by molar-refractivity contribution is 5.83. The van der Waals surface area contributed by atoms with Gasteiger partial charge in [0.15, 0.2) is 0 Å². The molecule has 0 bridgehead atoms. The fourth-order valence-corrected chi connectivity index (χ4v) is 4.81. The van der Waals surface area contributed by atoms with E-state index in [0.717, 1.165) is 18.4 Å². The highest BCUT2D eigenvalue weighted by Gasteiger charge is 2.24. The lowest BCUT2D eigenvalue weighted by atomic mass is 10.1. The maximum Gasteiger partial charge on any atom is 0.263 e. The Balaban J connectivity index is 1.36. The van der Waals surface area contributed by atoms with Crippen LogP contribution in [0.2, 0.25) is 0 Å². The molecule has 2 aromatic carbocycles. The summed E-state index contributed by atoms with van der Waals surface area (Å²) in [5.74, 6) is -0.507.